The van der Waals surface area contributed by atoms with Crippen LogP contribution in [0.4, 0.5) is 4.39 Å². The first kappa shape index (κ1) is 16.5. The van der Waals surface area contributed by atoms with E-state index in [1.54, 1.807) is 17.8 Å². The van der Waals surface area contributed by atoms with Crippen LogP contribution in [0.25, 0.3) is 0 Å². The summed E-state index contributed by atoms with van der Waals surface area (Å²) in [5.74, 6) is 6.30. The Bertz CT molecular complexity index is 607. The standard InChI is InChI=1S/C16H18BrFN2S/c1-11-8-13(18)7-6-12(11)9-14(20-19)10-21-16-5-3-2-4-15(16)17/h2-8,14,20H,9-10,19H2,1H3. The molecule has 21 heavy (non-hydrogen) atoms. The Morgan fingerprint density at radius 1 is 1.29 bits per heavy atom. The van der Waals surface area contributed by atoms with Gasteiger partial charge in [-0.2, -0.15) is 0 Å². The van der Waals surface area contributed by atoms with Crippen molar-refractivity contribution in [2.45, 2.75) is 24.3 Å². The molecule has 0 aromatic heterocycles. The molecule has 1 unspecified atom stereocenters. The first-order valence-electron chi connectivity index (χ1n) is 6.68. The lowest BCUT2D eigenvalue weighted by atomic mass is 10.0. The highest BCUT2D eigenvalue weighted by Gasteiger charge is 2.11. The SMILES string of the molecule is Cc1cc(F)ccc1CC(CSc1ccccc1Br)NN. The maximum atomic E-state index is 13.1. The van der Waals surface area contributed by atoms with Gasteiger partial charge in [0.25, 0.3) is 0 Å². The summed E-state index contributed by atoms with van der Waals surface area (Å²) in [6.45, 7) is 1.92. The first-order valence-corrected chi connectivity index (χ1v) is 8.46. The van der Waals surface area contributed by atoms with E-state index in [2.05, 4.69) is 27.4 Å². The van der Waals surface area contributed by atoms with Crippen molar-refractivity contribution in [3.63, 3.8) is 0 Å². The molecule has 0 amide bonds. The summed E-state index contributed by atoms with van der Waals surface area (Å²) in [7, 11) is 0. The minimum Gasteiger partial charge on any atom is -0.271 e. The van der Waals surface area contributed by atoms with Crippen LogP contribution < -0.4 is 11.3 Å². The van der Waals surface area contributed by atoms with Crippen molar-refractivity contribution in [2.24, 2.45) is 5.84 Å². The summed E-state index contributed by atoms with van der Waals surface area (Å²) in [6.07, 6.45) is 0.778. The highest BCUT2D eigenvalue weighted by Crippen LogP contribution is 2.28. The number of rotatable bonds is 6. The normalized spacial score (nSPS) is 12.4. The van der Waals surface area contributed by atoms with Crippen LogP contribution in [-0.2, 0) is 6.42 Å². The zero-order valence-electron chi connectivity index (χ0n) is 11.8. The van der Waals surface area contributed by atoms with Gasteiger partial charge in [0.15, 0.2) is 0 Å². The molecule has 1 atom stereocenters. The van der Waals surface area contributed by atoms with E-state index >= 15 is 0 Å². The van der Waals surface area contributed by atoms with Gasteiger partial charge in [0.1, 0.15) is 5.82 Å². The van der Waals surface area contributed by atoms with Crippen molar-refractivity contribution in [1.29, 1.82) is 0 Å². The van der Waals surface area contributed by atoms with Gasteiger partial charge in [-0.1, -0.05) is 18.2 Å². The quantitative estimate of drug-likeness (QED) is 0.458. The fourth-order valence-electron chi connectivity index (χ4n) is 2.07. The van der Waals surface area contributed by atoms with Gasteiger partial charge in [0.05, 0.1) is 0 Å². The summed E-state index contributed by atoms with van der Waals surface area (Å²) in [5.41, 5.74) is 4.93. The lowest BCUT2D eigenvalue weighted by molar-refractivity contribution is 0.572. The molecule has 0 saturated heterocycles. The molecule has 3 N–H and O–H groups in total. The van der Waals surface area contributed by atoms with Crippen LogP contribution in [0.5, 0.6) is 0 Å². The van der Waals surface area contributed by atoms with Crippen molar-refractivity contribution in [2.75, 3.05) is 5.75 Å². The van der Waals surface area contributed by atoms with Gasteiger partial charge in [0.2, 0.25) is 0 Å². The lowest BCUT2D eigenvalue weighted by Gasteiger charge is -2.17. The molecule has 2 aromatic carbocycles. The predicted octanol–water partition coefficient (Wildman–Crippen LogP) is 4.06. The lowest BCUT2D eigenvalue weighted by Crippen LogP contribution is -2.38. The van der Waals surface area contributed by atoms with Crippen molar-refractivity contribution in [3.8, 4) is 0 Å². The molecule has 0 spiro atoms. The minimum atomic E-state index is -0.198. The van der Waals surface area contributed by atoms with Gasteiger partial charge >= 0.3 is 0 Å². The average Bonchev–Trinajstić information content (AvgIpc) is 2.47. The number of hydrogen-bond acceptors (Lipinski definition) is 3. The van der Waals surface area contributed by atoms with Crippen LogP contribution in [0.15, 0.2) is 51.8 Å². The van der Waals surface area contributed by atoms with Gasteiger partial charge in [-0.15, -0.1) is 11.8 Å². The highest BCUT2D eigenvalue weighted by molar-refractivity contribution is 9.10. The van der Waals surface area contributed by atoms with Crippen molar-refractivity contribution in [1.82, 2.24) is 5.43 Å². The summed E-state index contributed by atoms with van der Waals surface area (Å²) in [4.78, 5) is 1.19. The van der Waals surface area contributed by atoms with Gasteiger partial charge < -0.3 is 0 Å². The van der Waals surface area contributed by atoms with Gasteiger partial charge in [-0.3, -0.25) is 11.3 Å². The Kier molecular flexibility index (Phi) is 6.23. The molecule has 0 heterocycles. The van der Waals surface area contributed by atoms with Crippen LogP contribution in [0.2, 0.25) is 0 Å². The molecule has 0 radical (unpaired) electrons. The Balaban J connectivity index is 1.99. The van der Waals surface area contributed by atoms with Crippen molar-refractivity contribution < 1.29 is 4.39 Å². The first-order chi connectivity index (χ1) is 10.1. The van der Waals surface area contributed by atoms with Gasteiger partial charge in [0, 0.05) is 21.2 Å². The maximum Gasteiger partial charge on any atom is 0.123 e. The molecule has 0 aliphatic rings. The molecule has 0 saturated carbocycles. The monoisotopic (exact) mass is 368 g/mol. The molecule has 0 fully saturated rings. The van der Waals surface area contributed by atoms with E-state index in [4.69, 9.17) is 5.84 Å². The molecule has 0 aliphatic heterocycles. The third-order valence-electron chi connectivity index (χ3n) is 3.28. The van der Waals surface area contributed by atoms with Crippen LogP contribution in [0, 0.1) is 12.7 Å². The summed E-state index contributed by atoms with van der Waals surface area (Å²) in [5, 5.41) is 0. The second kappa shape index (κ2) is 7.94. The third-order valence-corrected chi connectivity index (χ3v) is 5.47. The molecule has 0 bridgehead atoms. The van der Waals surface area contributed by atoms with Crippen molar-refractivity contribution in [3.05, 3.63) is 63.9 Å². The van der Waals surface area contributed by atoms with E-state index in [-0.39, 0.29) is 11.9 Å². The number of hydrazine groups is 1. The molecular formula is C16H18BrFN2S. The fraction of sp³-hybridized carbons (Fsp3) is 0.250. The number of halogens is 2. The molecule has 2 aromatic rings. The van der Waals surface area contributed by atoms with E-state index < -0.39 is 0 Å². The number of aryl methyl sites for hydroxylation is 1. The average molecular weight is 369 g/mol. The van der Waals surface area contributed by atoms with Crippen molar-refractivity contribution >= 4 is 27.7 Å². The number of thioether (sulfide) groups is 1. The Morgan fingerprint density at radius 3 is 2.71 bits per heavy atom. The number of nitrogens with one attached hydrogen (secondary N) is 1. The third kappa shape index (κ3) is 4.81. The Morgan fingerprint density at radius 2 is 2.05 bits per heavy atom. The summed E-state index contributed by atoms with van der Waals surface area (Å²) < 4.78 is 14.2. The van der Waals surface area contributed by atoms with Gasteiger partial charge in [-0.25, -0.2) is 4.39 Å². The maximum absolute atomic E-state index is 13.1. The molecular weight excluding hydrogens is 351 g/mol. The summed E-state index contributed by atoms with van der Waals surface area (Å²) in [6, 6.07) is 13.1. The molecule has 2 rings (SSSR count). The van der Waals surface area contributed by atoms with E-state index in [0.29, 0.717) is 0 Å². The van der Waals surface area contributed by atoms with Crippen LogP contribution in [-0.4, -0.2) is 11.8 Å². The van der Waals surface area contributed by atoms with Crippen LogP contribution in [0.1, 0.15) is 11.1 Å². The number of hydrogen-bond donors (Lipinski definition) is 2. The smallest absolute Gasteiger partial charge is 0.123 e. The molecule has 112 valence electrons. The predicted molar refractivity (Wildman–Crippen MR) is 90.8 cm³/mol. The zero-order chi connectivity index (χ0) is 15.2. The topological polar surface area (TPSA) is 38.0 Å². The van der Waals surface area contributed by atoms with E-state index in [1.165, 1.54) is 11.0 Å². The minimum absolute atomic E-state index is 0.131. The second-order valence-corrected chi connectivity index (χ2v) is 6.80. The zero-order valence-corrected chi connectivity index (χ0v) is 14.2. The second-order valence-electron chi connectivity index (χ2n) is 4.88. The van der Waals surface area contributed by atoms with Crippen LogP contribution >= 0.6 is 27.7 Å². The van der Waals surface area contributed by atoms with E-state index in [0.717, 1.165) is 27.8 Å². The largest absolute Gasteiger partial charge is 0.271 e. The fourth-order valence-corrected chi connectivity index (χ4v) is 3.68. The number of nitrogens with two attached hydrogens (primary N) is 1. The molecule has 5 heteroatoms. The highest BCUT2D eigenvalue weighted by atomic mass is 79.9. The molecule has 0 aliphatic carbocycles. The van der Waals surface area contributed by atoms with E-state index in [1.807, 2.05) is 31.2 Å². The van der Waals surface area contributed by atoms with Gasteiger partial charge in [-0.05, 0) is 64.7 Å². The summed E-state index contributed by atoms with van der Waals surface area (Å²) >= 11 is 5.29. The Labute approximate surface area is 137 Å². The van der Waals surface area contributed by atoms with Crippen LogP contribution in [0.3, 0.4) is 0 Å². The van der Waals surface area contributed by atoms with E-state index in [9.17, 15) is 4.39 Å². The Hall–Kier alpha value is -0.880. The number of benzene rings is 2. The molecule has 2 nitrogen and oxygen atoms in total.